The maximum atomic E-state index is 5.93. The van der Waals surface area contributed by atoms with E-state index in [4.69, 9.17) is 10.5 Å². The van der Waals surface area contributed by atoms with Gasteiger partial charge in [-0.05, 0) is 45.7 Å². The van der Waals surface area contributed by atoms with Crippen molar-refractivity contribution < 1.29 is 4.74 Å². The molecule has 0 saturated carbocycles. The molecule has 1 fully saturated rings. The molecule has 132 valence electrons. The summed E-state index contributed by atoms with van der Waals surface area (Å²) in [6.45, 7) is 9.91. The van der Waals surface area contributed by atoms with E-state index in [1.54, 1.807) is 0 Å². The Kier molecular flexibility index (Phi) is 14.5. The summed E-state index contributed by atoms with van der Waals surface area (Å²) in [7, 11) is 0. The van der Waals surface area contributed by atoms with Crippen molar-refractivity contribution in [2.75, 3.05) is 39.4 Å². The second kappa shape index (κ2) is 14.5. The van der Waals surface area contributed by atoms with E-state index in [2.05, 4.69) is 22.1 Å². The largest absolute Gasteiger partial charge is 0.382 e. The van der Waals surface area contributed by atoms with Crippen LogP contribution in [0.4, 0.5) is 0 Å². The van der Waals surface area contributed by atoms with E-state index in [1.807, 2.05) is 6.92 Å². The highest BCUT2D eigenvalue weighted by Crippen LogP contribution is 2.17. The van der Waals surface area contributed by atoms with Gasteiger partial charge in [0.15, 0.2) is 5.96 Å². The van der Waals surface area contributed by atoms with Gasteiger partial charge >= 0.3 is 0 Å². The number of halogens is 1. The first-order valence-corrected chi connectivity index (χ1v) is 8.63. The van der Waals surface area contributed by atoms with Crippen LogP contribution in [0.5, 0.6) is 0 Å². The molecule has 1 atom stereocenters. The van der Waals surface area contributed by atoms with Crippen LogP contribution in [0.3, 0.4) is 0 Å². The molecule has 0 radical (unpaired) electrons. The molecule has 6 heteroatoms. The van der Waals surface area contributed by atoms with Crippen LogP contribution in [0.15, 0.2) is 4.99 Å². The minimum atomic E-state index is 0. The first kappa shape index (κ1) is 21.9. The average molecular weight is 426 g/mol. The standard InChI is InChI=1S/C16H34N4O.HI/c1-3-5-11-20-12-7-6-9-15(20)14-19-16(17)18-10-8-13-21-4-2;/h15H,3-14H2,1-2H3,(H3,17,18,19);1H. The summed E-state index contributed by atoms with van der Waals surface area (Å²) in [4.78, 5) is 7.12. The maximum absolute atomic E-state index is 5.93. The van der Waals surface area contributed by atoms with Crippen molar-refractivity contribution in [1.82, 2.24) is 10.2 Å². The van der Waals surface area contributed by atoms with Crippen LogP contribution < -0.4 is 11.1 Å². The molecule has 1 saturated heterocycles. The molecule has 0 aromatic rings. The fourth-order valence-corrected chi connectivity index (χ4v) is 2.72. The van der Waals surface area contributed by atoms with E-state index in [1.165, 1.54) is 45.2 Å². The molecule has 1 rings (SSSR count). The Bertz CT molecular complexity index is 289. The summed E-state index contributed by atoms with van der Waals surface area (Å²) < 4.78 is 5.29. The zero-order valence-corrected chi connectivity index (χ0v) is 16.7. The smallest absolute Gasteiger partial charge is 0.188 e. The number of piperidine rings is 1. The van der Waals surface area contributed by atoms with Crippen LogP contribution >= 0.6 is 24.0 Å². The van der Waals surface area contributed by atoms with E-state index in [-0.39, 0.29) is 24.0 Å². The van der Waals surface area contributed by atoms with Crippen molar-refractivity contribution in [3.63, 3.8) is 0 Å². The van der Waals surface area contributed by atoms with Gasteiger partial charge < -0.3 is 15.8 Å². The lowest BCUT2D eigenvalue weighted by Gasteiger charge is -2.34. The molecule has 0 bridgehead atoms. The molecule has 0 amide bonds. The molecule has 3 N–H and O–H groups in total. The van der Waals surface area contributed by atoms with Crippen LogP contribution in [0, 0.1) is 0 Å². The van der Waals surface area contributed by atoms with Gasteiger partial charge in [-0.1, -0.05) is 19.8 Å². The maximum Gasteiger partial charge on any atom is 0.188 e. The van der Waals surface area contributed by atoms with Gasteiger partial charge in [0.2, 0.25) is 0 Å². The lowest BCUT2D eigenvalue weighted by Crippen LogP contribution is -2.43. The predicted molar refractivity (Wildman–Crippen MR) is 105 cm³/mol. The number of nitrogens with zero attached hydrogens (tertiary/aromatic N) is 2. The van der Waals surface area contributed by atoms with Crippen molar-refractivity contribution >= 4 is 29.9 Å². The van der Waals surface area contributed by atoms with E-state index >= 15 is 0 Å². The molecule has 1 heterocycles. The minimum absolute atomic E-state index is 0. The average Bonchev–Trinajstić information content (AvgIpc) is 2.51. The van der Waals surface area contributed by atoms with E-state index in [0.717, 1.165) is 32.7 Å². The zero-order valence-electron chi connectivity index (χ0n) is 14.4. The van der Waals surface area contributed by atoms with Crippen LogP contribution in [-0.2, 0) is 4.74 Å². The van der Waals surface area contributed by atoms with Gasteiger partial charge in [-0.15, -0.1) is 24.0 Å². The quantitative estimate of drug-likeness (QED) is 0.244. The van der Waals surface area contributed by atoms with Crippen LogP contribution in [0.2, 0.25) is 0 Å². The highest BCUT2D eigenvalue weighted by molar-refractivity contribution is 14.0. The van der Waals surface area contributed by atoms with Gasteiger partial charge in [0, 0.05) is 25.8 Å². The summed E-state index contributed by atoms with van der Waals surface area (Å²) >= 11 is 0. The van der Waals surface area contributed by atoms with Crippen LogP contribution in [-0.4, -0.2) is 56.3 Å². The van der Waals surface area contributed by atoms with Gasteiger partial charge in [-0.3, -0.25) is 9.89 Å². The molecule has 22 heavy (non-hydrogen) atoms. The monoisotopic (exact) mass is 426 g/mol. The lowest BCUT2D eigenvalue weighted by molar-refractivity contribution is 0.145. The Balaban J connectivity index is 0.00000441. The number of aliphatic imine (C=N–C) groups is 1. The first-order chi connectivity index (χ1) is 10.3. The fraction of sp³-hybridized carbons (Fsp3) is 0.938. The third-order valence-corrected chi connectivity index (χ3v) is 4.00. The summed E-state index contributed by atoms with van der Waals surface area (Å²) in [6, 6.07) is 0.578. The number of unbranched alkanes of at least 4 members (excludes halogenated alkanes) is 1. The highest BCUT2D eigenvalue weighted by Gasteiger charge is 2.21. The first-order valence-electron chi connectivity index (χ1n) is 8.63. The molecule has 1 aliphatic heterocycles. The SMILES string of the molecule is CCCCN1CCCCC1CN=C(N)NCCCOCC.I. The number of likely N-dealkylation sites (tertiary alicyclic amines) is 1. The molecule has 0 aromatic heterocycles. The molecule has 1 unspecified atom stereocenters. The molecular formula is C16H35IN4O. The number of ether oxygens (including phenoxy) is 1. The minimum Gasteiger partial charge on any atom is -0.382 e. The predicted octanol–water partition coefficient (Wildman–Crippen LogP) is 2.59. The third kappa shape index (κ3) is 9.84. The van der Waals surface area contributed by atoms with Crippen molar-refractivity contribution in [3.05, 3.63) is 0 Å². The highest BCUT2D eigenvalue weighted by atomic mass is 127. The number of guanidine groups is 1. The van der Waals surface area contributed by atoms with Crippen molar-refractivity contribution in [1.29, 1.82) is 0 Å². The van der Waals surface area contributed by atoms with E-state index in [0.29, 0.717) is 12.0 Å². The van der Waals surface area contributed by atoms with Crippen molar-refractivity contribution in [2.45, 2.75) is 58.4 Å². The Hall–Kier alpha value is -0.0800. The molecule has 0 aromatic carbocycles. The van der Waals surface area contributed by atoms with Crippen molar-refractivity contribution in [2.24, 2.45) is 10.7 Å². The molecule has 0 aliphatic carbocycles. The molecule has 5 nitrogen and oxygen atoms in total. The van der Waals surface area contributed by atoms with Gasteiger partial charge in [-0.2, -0.15) is 0 Å². The number of hydrogen-bond donors (Lipinski definition) is 2. The summed E-state index contributed by atoms with van der Waals surface area (Å²) in [6.07, 6.45) is 7.42. The normalized spacial score (nSPS) is 19.7. The topological polar surface area (TPSA) is 62.9 Å². The Labute approximate surface area is 153 Å². The Morgan fingerprint density at radius 2 is 2.14 bits per heavy atom. The number of hydrogen-bond acceptors (Lipinski definition) is 3. The molecule has 0 spiro atoms. The van der Waals surface area contributed by atoms with E-state index in [9.17, 15) is 0 Å². The second-order valence-corrected chi connectivity index (χ2v) is 5.74. The Morgan fingerprint density at radius 1 is 1.32 bits per heavy atom. The number of rotatable bonds is 10. The number of nitrogens with one attached hydrogen (secondary N) is 1. The summed E-state index contributed by atoms with van der Waals surface area (Å²) in [5, 5.41) is 3.17. The summed E-state index contributed by atoms with van der Waals surface area (Å²) in [5.74, 6) is 0.576. The van der Waals surface area contributed by atoms with Gasteiger partial charge in [-0.25, -0.2) is 0 Å². The van der Waals surface area contributed by atoms with Gasteiger partial charge in [0.1, 0.15) is 0 Å². The fourth-order valence-electron chi connectivity index (χ4n) is 2.72. The summed E-state index contributed by atoms with van der Waals surface area (Å²) in [5.41, 5.74) is 5.93. The molecular weight excluding hydrogens is 391 g/mol. The number of nitrogens with two attached hydrogens (primary N) is 1. The van der Waals surface area contributed by atoms with Crippen LogP contribution in [0.1, 0.15) is 52.4 Å². The van der Waals surface area contributed by atoms with E-state index < -0.39 is 0 Å². The zero-order chi connectivity index (χ0) is 15.3. The third-order valence-electron chi connectivity index (χ3n) is 4.00. The van der Waals surface area contributed by atoms with Gasteiger partial charge in [0.25, 0.3) is 0 Å². The van der Waals surface area contributed by atoms with Crippen LogP contribution in [0.25, 0.3) is 0 Å². The van der Waals surface area contributed by atoms with Gasteiger partial charge in [0.05, 0.1) is 6.54 Å². The van der Waals surface area contributed by atoms with Crippen molar-refractivity contribution in [3.8, 4) is 0 Å². The Morgan fingerprint density at radius 3 is 2.86 bits per heavy atom. The molecule has 1 aliphatic rings. The lowest BCUT2D eigenvalue weighted by atomic mass is 10.0. The second-order valence-electron chi connectivity index (χ2n) is 5.74.